The largest absolute Gasteiger partial charge is 0.323 e. The molecule has 20 heavy (non-hydrogen) atoms. The number of nitrogens with zero attached hydrogens (tertiary/aromatic N) is 3. The van der Waals surface area contributed by atoms with Crippen molar-refractivity contribution < 1.29 is 4.79 Å². The van der Waals surface area contributed by atoms with Gasteiger partial charge in [-0.15, -0.1) is 0 Å². The van der Waals surface area contributed by atoms with Gasteiger partial charge in [-0.1, -0.05) is 20.8 Å². The number of anilines is 1. The first-order valence-electron chi connectivity index (χ1n) is 6.40. The molecule has 2 rings (SSSR count). The second-order valence-electron chi connectivity index (χ2n) is 5.69. The molecule has 0 aliphatic rings. The predicted octanol–water partition coefficient (Wildman–Crippen LogP) is 1.58. The molecular formula is C14H19N5O. The molecule has 2 heterocycles. The van der Waals surface area contributed by atoms with Crippen LogP contribution >= 0.6 is 0 Å². The van der Waals surface area contributed by atoms with Crippen LogP contribution in [0.1, 0.15) is 20.8 Å². The first kappa shape index (κ1) is 14.2. The summed E-state index contributed by atoms with van der Waals surface area (Å²) in [5.41, 5.74) is 6.23. The molecule has 6 heteroatoms. The normalized spacial score (nSPS) is 13.0. The van der Waals surface area contributed by atoms with Crippen LogP contribution in [0.3, 0.4) is 0 Å². The molecule has 3 N–H and O–H groups in total. The molecule has 0 bridgehead atoms. The molecule has 0 fully saturated rings. The lowest BCUT2D eigenvalue weighted by molar-refractivity contribution is -0.119. The topological polar surface area (TPSA) is 85.8 Å². The molecule has 106 valence electrons. The summed E-state index contributed by atoms with van der Waals surface area (Å²) in [7, 11) is 0. The summed E-state index contributed by atoms with van der Waals surface area (Å²) >= 11 is 0. The number of hydrogen-bond donors (Lipinski definition) is 2. The molecule has 0 saturated heterocycles. The van der Waals surface area contributed by atoms with E-state index in [0.29, 0.717) is 11.5 Å². The Morgan fingerprint density at radius 2 is 2.15 bits per heavy atom. The van der Waals surface area contributed by atoms with Crippen molar-refractivity contribution in [3.63, 3.8) is 0 Å². The van der Waals surface area contributed by atoms with Crippen LogP contribution in [-0.4, -0.2) is 26.7 Å². The van der Waals surface area contributed by atoms with Gasteiger partial charge in [0.2, 0.25) is 5.91 Å². The van der Waals surface area contributed by atoms with Crippen LogP contribution < -0.4 is 11.1 Å². The maximum absolute atomic E-state index is 12.0. The Balaban J connectivity index is 2.06. The lowest BCUT2D eigenvalue weighted by Gasteiger charge is -2.25. The molecule has 1 atom stereocenters. The zero-order valence-electron chi connectivity index (χ0n) is 11.9. The Kier molecular flexibility index (Phi) is 3.85. The minimum absolute atomic E-state index is 0.217. The Bertz CT molecular complexity index is 569. The zero-order chi connectivity index (χ0) is 14.8. The van der Waals surface area contributed by atoms with Crippen molar-refractivity contribution in [1.29, 1.82) is 0 Å². The quantitative estimate of drug-likeness (QED) is 0.889. The van der Waals surface area contributed by atoms with Crippen molar-refractivity contribution in [2.45, 2.75) is 26.8 Å². The molecule has 0 aliphatic carbocycles. The molecule has 6 nitrogen and oxygen atoms in total. The van der Waals surface area contributed by atoms with Gasteiger partial charge >= 0.3 is 0 Å². The van der Waals surface area contributed by atoms with Crippen molar-refractivity contribution in [3.8, 4) is 5.82 Å². The average molecular weight is 273 g/mol. The van der Waals surface area contributed by atoms with Gasteiger partial charge in [-0.3, -0.25) is 4.79 Å². The van der Waals surface area contributed by atoms with Crippen LogP contribution in [0.25, 0.3) is 5.82 Å². The number of carbonyl (C=O) groups is 1. The van der Waals surface area contributed by atoms with E-state index in [1.54, 1.807) is 35.4 Å². The number of pyridine rings is 1. The average Bonchev–Trinajstić information content (AvgIpc) is 2.91. The van der Waals surface area contributed by atoms with E-state index in [4.69, 9.17) is 5.73 Å². The van der Waals surface area contributed by atoms with E-state index in [9.17, 15) is 4.79 Å². The fraction of sp³-hybridized carbons (Fsp3) is 0.357. The molecule has 0 spiro atoms. The van der Waals surface area contributed by atoms with Crippen molar-refractivity contribution in [1.82, 2.24) is 14.8 Å². The number of aromatic nitrogens is 3. The number of nitrogens with one attached hydrogen (secondary N) is 1. The van der Waals surface area contributed by atoms with Crippen LogP contribution in [0.2, 0.25) is 0 Å². The second-order valence-corrected chi connectivity index (χ2v) is 5.69. The summed E-state index contributed by atoms with van der Waals surface area (Å²) in [6.45, 7) is 5.78. The fourth-order valence-corrected chi connectivity index (χ4v) is 1.61. The summed E-state index contributed by atoms with van der Waals surface area (Å²) in [6.07, 6.45) is 5.07. The third-order valence-electron chi connectivity index (χ3n) is 2.97. The van der Waals surface area contributed by atoms with Crippen LogP contribution in [0.4, 0.5) is 5.69 Å². The van der Waals surface area contributed by atoms with Crippen molar-refractivity contribution >= 4 is 11.6 Å². The minimum Gasteiger partial charge on any atom is -0.323 e. The molecule has 0 aliphatic heterocycles. The number of nitrogens with two attached hydrogens (primary N) is 1. The van der Waals surface area contributed by atoms with E-state index in [2.05, 4.69) is 15.4 Å². The highest BCUT2D eigenvalue weighted by atomic mass is 16.2. The smallest absolute Gasteiger partial charge is 0.241 e. The Hall–Kier alpha value is -2.21. The molecule has 0 unspecified atom stereocenters. The summed E-state index contributed by atoms with van der Waals surface area (Å²) in [5.74, 6) is 0.472. The van der Waals surface area contributed by atoms with E-state index in [1.807, 2.05) is 26.8 Å². The summed E-state index contributed by atoms with van der Waals surface area (Å²) in [6, 6.07) is 4.80. The standard InChI is InChI=1S/C14H19N5O/c1-14(2,3)12(15)13(20)18-10-5-6-11(16-9-10)19-8-4-7-17-19/h4-9,12H,15H2,1-3H3,(H,18,20)/t12-/m0/s1. The van der Waals surface area contributed by atoms with Crippen molar-refractivity contribution in [3.05, 3.63) is 36.8 Å². The van der Waals surface area contributed by atoms with E-state index in [0.717, 1.165) is 0 Å². The lowest BCUT2D eigenvalue weighted by Crippen LogP contribution is -2.45. The summed E-state index contributed by atoms with van der Waals surface area (Å²) in [5, 5.41) is 6.85. The first-order chi connectivity index (χ1) is 9.38. The SMILES string of the molecule is CC(C)(C)[C@@H](N)C(=O)Nc1ccc(-n2cccn2)nc1. The van der Waals surface area contributed by atoms with Gasteiger partial charge in [0.15, 0.2) is 5.82 Å². The van der Waals surface area contributed by atoms with Gasteiger partial charge in [0, 0.05) is 12.4 Å². The third-order valence-corrected chi connectivity index (χ3v) is 2.97. The van der Waals surface area contributed by atoms with Crippen LogP contribution in [0, 0.1) is 5.41 Å². The Morgan fingerprint density at radius 3 is 2.65 bits per heavy atom. The van der Waals surface area contributed by atoms with Gasteiger partial charge in [-0.05, 0) is 23.6 Å². The maximum Gasteiger partial charge on any atom is 0.241 e. The number of amides is 1. The molecule has 2 aromatic rings. The summed E-state index contributed by atoms with van der Waals surface area (Å²) in [4.78, 5) is 16.2. The van der Waals surface area contributed by atoms with Gasteiger partial charge in [0.05, 0.1) is 17.9 Å². The maximum atomic E-state index is 12.0. The predicted molar refractivity (Wildman–Crippen MR) is 77.4 cm³/mol. The van der Waals surface area contributed by atoms with Gasteiger partial charge < -0.3 is 11.1 Å². The highest BCUT2D eigenvalue weighted by molar-refractivity contribution is 5.95. The molecule has 2 aromatic heterocycles. The first-order valence-corrected chi connectivity index (χ1v) is 6.40. The Morgan fingerprint density at radius 1 is 1.40 bits per heavy atom. The van der Waals surface area contributed by atoms with Gasteiger partial charge in [-0.2, -0.15) is 5.10 Å². The van der Waals surface area contributed by atoms with Crippen molar-refractivity contribution in [2.24, 2.45) is 11.1 Å². The number of hydrogen-bond acceptors (Lipinski definition) is 4. The van der Waals surface area contributed by atoms with Crippen LogP contribution in [0.5, 0.6) is 0 Å². The highest BCUT2D eigenvalue weighted by Gasteiger charge is 2.27. The molecular weight excluding hydrogens is 254 g/mol. The summed E-state index contributed by atoms with van der Waals surface area (Å²) < 4.78 is 1.65. The minimum atomic E-state index is -0.576. The number of carbonyl (C=O) groups excluding carboxylic acids is 1. The third kappa shape index (κ3) is 3.21. The van der Waals surface area contributed by atoms with E-state index in [-0.39, 0.29) is 11.3 Å². The van der Waals surface area contributed by atoms with Gasteiger partial charge in [0.25, 0.3) is 0 Å². The fourth-order valence-electron chi connectivity index (χ4n) is 1.61. The molecule has 1 amide bonds. The van der Waals surface area contributed by atoms with Crippen molar-refractivity contribution in [2.75, 3.05) is 5.32 Å². The highest BCUT2D eigenvalue weighted by Crippen LogP contribution is 2.19. The van der Waals surface area contributed by atoms with Gasteiger partial charge in [0.1, 0.15) is 0 Å². The zero-order valence-corrected chi connectivity index (χ0v) is 11.9. The molecule has 0 radical (unpaired) electrons. The van der Waals surface area contributed by atoms with E-state index >= 15 is 0 Å². The van der Waals surface area contributed by atoms with E-state index < -0.39 is 6.04 Å². The molecule has 0 saturated carbocycles. The monoisotopic (exact) mass is 273 g/mol. The van der Waals surface area contributed by atoms with Crippen LogP contribution in [-0.2, 0) is 4.79 Å². The molecule has 0 aromatic carbocycles. The number of rotatable bonds is 3. The van der Waals surface area contributed by atoms with E-state index in [1.165, 1.54) is 0 Å². The van der Waals surface area contributed by atoms with Crippen LogP contribution in [0.15, 0.2) is 36.8 Å². The Labute approximate surface area is 118 Å². The van der Waals surface area contributed by atoms with Gasteiger partial charge in [-0.25, -0.2) is 9.67 Å². The second kappa shape index (κ2) is 5.42. The lowest BCUT2D eigenvalue weighted by atomic mass is 9.87.